The average molecular weight is 638 g/mol. The van der Waals surface area contributed by atoms with Crippen LogP contribution in [0.3, 0.4) is 0 Å². The minimum absolute atomic E-state index is 0.237. The van der Waals surface area contributed by atoms with Crippen molar-refractivity contribution in [3.8, 4) is 0 Å². The second-order valence-corrected chi connectivity index (χ2v) is 8.66. The fourth-order valence-electron chi connectivity index (χ4n) is 3.35. The quantitative estimate of drug-likeness (QED) is 0.218. The van der Waals surface area contributed by atoms with Crippen LogP contribution in [0, 0.1) is 0 Å². The molecule has 0 spiro atoms. The first-order valence-corrected chi connectivity index (χ1v) is 10.8. The molecule has 0 unspecified atom stereocenters. The lowest BCUT2D eigenvalue weighted by molar-refractivity contribution is -0.180. The topological polar surface area (TPSA) is 13.0 Å². The number of hydrogen-bond donors (Lipinski definition) is 0. The highest BCUT2D eigenvalue weighted by atomic mass is 19.4. The SMILES string of the molecule is FC(F)(F)CN(CCN(CCN(CC(F)(F)F)CC(F)(F)F)CCN(CC(F)(F)F)CC(F)(F)F)CC(F)(F)F. The van der Waals surface area contributed by atoms with Gasteiger partial charge in [0.25, 0.3) is 0 Å². The molecular formula is C18H24F18N4. The maximum absolute atomic E-state index is 12.7. The summed E-state index contributed by atoms with van der Waals surface area (Å²) in [5.74, 6) is 0. The molecule has 0 aromatic rings. The highest BCUT2D eigenvalue weighted by molar-refractivity contribution is 4.75. The van der Waals surface area contributed by atoms with E-state index >= 15 is 0 Å². The Bertz CT molecular complexity index is 563. The molecule has 242 valence electrons. The molecule has 4 nitrogen and oxygen atoms in total. The van der Waals surface area contributed by atoms with Gasteiger partial charge in [0, 0.05) is 39.3 Å². The summed E-state index contributed by atoms with van der Waals surface area (Å²) in [4.78, 5) is -0.128. The molecule has 0 bridgehead atoms. The van der Waals surface area contributed by atoms with E-state index in [0.717, 1.165) is 0 Å². The van der Waals surface area contributed by atoms with Gasteiger partial charge in [-0.25, -0.2) is 0 Å². The van der Waals surface area contributed by atoms with Crippen LogP contribution >= 0.6 is 0 Å². The number of hydrogen-bond acceptors (Lipinski definition) is 4. The monoisotopic (exact) mass is 638 g/mol. The van der Waals surface area contributed by atoms with E-state index in [2.05, 4.69) is 0 Å². The number of alkyl halides is 18. The molecular weight excluding hydrogens is 614 g/mol. The Morgan fingerprint density at radius 1 is 0.225 bits per heavy atom. The zero-order chi connectivity index (χ0) is 31.8. The van der Waals surface area contributed by atoms with Crippen molar-refractivity contribution < 1.29 is 79.0 Å². The molecule has 0 aromatic carbocycles. The Balaban J connectivity index is 5.84. The Morgan fingerprint density at radius 3 is 0.475 bits per heavy atom. The van der Waals surface area contributed by atoms with Crippen LogP contribution in [0.1, 0.15) is 0 Å². The van der Waals surface area contributed by atoms with Crippen LogP contribution in [-0.4, -0.2) is 135 Å². The third kappa shape index (κ3) is 24.4. The second kappa shape index (κ2) is 14.7. The molecule has 22 heteroatoms. The molecule has 0 radical (unpaired) electrons. The Morgan fingerprint density at radius 2 is 0.350 bits per heavy atom. The van der Waals surface area contributed by atoms with Crippen LogP contribution in [0.5, 0.6) is 0 Å². The van der Waals surface area contributed by atoms with Crippen molar-refractivity contribution in [2.45, 2.75) is 37.1 Å². The van der Waals surface area contributed by atoms with Gasteiger partial charge in [0.15, 0.2) is 0 Å². The lowest BCUT2D eigenvalue weighted by Crippen LogP contribution is -2.49. The van der Waals surface area contributed by atoms with Crippen LogP contribution in [0.25, 0.3) is 0 Å². The molecule has 0 aliphatic heterocycles. The summed E-state index contributed by atoms with van der Waals surface area (Å²) in [5.41, 5.74) is 0. The molecule has 0 heterocycles. The molecule has 0 amide bonds. The van der Waals surface area contributed by atoms with E-state index in [0.29, 0.717) is 4.90 Å². The van der Waals surface area contributed by atoms with Gasteiger partial charge in [-0.2, -0.15) is 79.0 Å². The highest BCUT2D eigenvalue weighted by Gasteiger charge is 2.40. The molecule has 0 aliphatic carbocycles. The van der Waals surface area contributed by atoms with E-state index < -0.39 is 116 Å². The smallest absolute Gasteiger partial charge is 0.300 e. The summed E-state index contributed by atoms with van der Waals surface area (Å²) in [7, 11) is 0. The van der Waals surface area contributed by atoms with Crippen molar-refractivity contribution in [1.29, 1.82) is 0 Å². The van der Waals surface area contributed by atoms with Crippen LogP contribution in [0.2, 0.25) is 0 Å². The molecule has 0 rings (SSSR count). The predicted molar refractivity (Wildman–Crippen MR) is 102 cm³/mol. The molecule has 40 heavy (non-hydrogen) atoms. The lowest BCUT2D eigenvalue weighted by atomic mass is 10.3. The minimum Gasteiger partial charge on any atom is -0.300 e. The number of rotatable bonds is 15. The summed E-state index contributed by atoms with van der Waals surface area (Å²) in [6, 6.07) is 0. The summed E-state index contributed by atoms with van der Waals surface area (Å²) in [6.45, 7) is -19.5. The van der Waals surface area contributed by atoms with Gasteiger partial charge in [-0.1, -0.05) is 0 Å². The van der Waals surface area contributed by atoms with Crippen LogP contribution in [-0.2, 0) is 0 Å². The molecule has 0 N–H and O–H groups in total. The van der Waals surface area contributed by atoms with Crippen molar-refractivity contribution in [1.82, 2.24) is 19.6 Å². The third-order valence-electron chi connectivity index (χ3n) is 4.61. The molecule has 0 saturated heterocycles. The standard InChI is InChI=1S/C18H24F18N4/c19-13(20,21)7-38(8-14(22,23)24)4-1-37(2-5-39(9-15(25,26)27)10-16(28,29)30)3-6-40(11-17(31,32)33)12-18(34,35)36/h1-12H2. The molecule has 0 aliphatic rings. The normalized spacial score (nSPS) is 14.8. The molecule has 0 fully saturated rings. The predicted octanol–water partition coefficient (Wildman–Crippen LogP) is 5.57. The van der Waals surface area contributed by atoms with Crippen molar-refractivity contribution in [2.24, 2.45) is 0 Å². The van der Waals surface area contributed by atoms with Crippen LogP contribution in [0.4, 0.5) is 79.0 Å². The van der Waals surface area contributed by atoms with Gasteiger partial charge >= 0.3 is 37.1 Å². The van der Waals surface area contributed by atoms with Gasteiger partial charge in [0.1, 0.15) is 0 Å². The van der Waals surface area contributed by atoms with Crippen molar-refractivity contribution >= 4 is 0 Å². The first-order valence-electron chi connectivity index (χ1n) is 10.8. The molecule has 0 aromatic heterocycles. The zero-order valence-electron chi connectivity index (χ0n) is 20.1. The first kappa shape index (κ1) is 38.6. The first-order chi connectivity index (χ1) is 17.5. The third-order valence-corrected chi connectivity index (χ3v) is 4.61. The fraction of sp³-hybridized carbons (Fsp3) is 1.00. The molecule has 0 atom stereocenters. The van der Waals surface area contributed by atoms with E-state index in [1.165, 1.54) is 0 Å². The van der Waals surface area contributed by atoms with E-state index in [1.807, 2.05) is 0 Å². The second-order valence-electron chi connectivity index (χ2n) is 8.66. The van der Waals surface area contributed by atoms with E-state index in [-0.39, 0.29) is 14.7 Å². The van der Waals surface area contributed by atoms with E-state index in [1.54, 1.807) is 0 Å². The number of nitrogens with zero attached hydrogens (tertiary/aromatic N) is 4. The van der Waals surface area contributed by atoms with Crippen molar-refractivity contribution in [3.63, 3.8) is 0 Å². The molecule has 0 saturated carbocycles. The largest absolute Gasteiger partial charge is 0.401 e. The average Bonchev–Trinajstić information content (AvgIpc) is 2.59. The highest BCUT2D eigenvalue weighted by Crippen LogP contribution is 2.24. The summed E-state index contributed by atoms with van der Waals surface area (Å²) in [5, 5.41) is 0. The van der Waals surface area contributed by atoms with Crippen molar-refractivity contribution in [2.75, 3.05) is 78.5 Å². The Kier molecular flexibility index (Phi) is 14.1. The maximum Gasteiger partial charge on any atom is 0.401 e. The van der Waals surface area contributed by atoms with Gasteiger partial charge in [0.2, 0.25) is 0 Å². The summed E-state index contributed by atoms with van der Waals surface area (Å²) < 4.78 is 228. The minimum atomic E-state index is -5.19. The maximum atomic E-state index is 12.7. The zero-order valence-corrected chi connectivity index (χ0v) is 20.1. The number of halogens is 18. The van der Waals surface area contributed by atoms with Gasteiger partial charge in [-0.15, -0.1) is 0 Å². The van der Waals surface area contributed by atoms with Gasteiger partial charge in [0.05, 0.1) is 39.3 Å². The Hall–Kier alpha value is -1.42. The summed E-state index contributed by atoms with van der Waals surface area (Å²) in [6.07, 6.45) is -31.2. The van der Waals surface area contributed by atoms with E-state index in [9.17, 15) is 79.0 Å². The van der Waals surface area contributed by atoms with Gasteiger partial charge in [-0.3, -0.25) is 19.6 Å². The van der Waals surface area contributed by atoms with Crippen LogP contribution in [0.15, 0.2) is 0 Å². The van der Waals surface area contributed by atoms with E-state index in [4.69, 9.17) is 0 Å². The van der Waals surface area contributed by atoms with Crippen molar-refractivity contribution in [3.05, 3.63) is 0 Å². The van der Waals surface area contributed by atoms with Gasteiger partial charge < -0.3 is 0 Å². The van der Waals surface area contributed by atoms with Crippen LogP contribution < -0.4 is 0 Å². The fourth-order valence-corrected chi connectivity index (χ4v) is 3.35. The summed E-state index contributed by atoms with van der Waals surface area (Å²) >= 11 is 0. The lowest BCUT2D eigenvalue weighted by Gasteiger charge is -2.33. The van der Waals surface area contributed by atoms with Gasteiger partial charge in [-0.05, 0) is 0 Å². The Labute approximate surface area is 215 Å².